The number of hydrogen-bond acceptors (Lipinski definition) is 6. The largest absolute Gasteiger partial charge is 0.378 e. The summed E-state index contributed by atoms with van der Waals surface area (Å²) < 4.78 is 5.38. The topological polar surface area (TPSA) is 78.0 Å². The normalized spacial score (nSPS) is 16.9. The number of piperazine rings is 1. The van der Waals surface area contributed by atoms with Crippen molar-refractivity contribution in [2.24, 2.45) is 0 Å². The Bertz CT molecular complexity index is 910. The van der Waals surface area contributed by atoms with Crippen molar-refractivity contribution < 1.29 is 14.3 Å². The molecule has 0 spiro atoms. The number of nitrogens with zero attached hydrogens (tertiary/aromatic N) is 4. The van der Waals surface area contributed by atoms with Crippen molar-refractivity contribution in [3.05, 3.63) is 53.2 Å². The van der Waals surface area contributed by atoms with Crippen molar-refractivity contribution in [1.29, 1.82) is 0 Å². The van der Waals surface area contributed by atoms with Crippen LogP contribution in [0.4, 0.5) is 11.5 Å². The van der Waals surface area contributed by atoms with E-state index in [4.69, 9.17) is 16.3 Å². The number of aromatic nitrogens is 1. The minimum atomic E-state index is -0.289. The van der Waals surface area contributed by atoms with Gasteiger partial charge in [-0.25, -0.2) is 4.98 Å². The first-order valence-corrected chi connectivity index (χ1v) is 10.8. The fraction of sp³-hybridized carbons (Fsp3) is 0.409. The molecule has 2 fully saturated rings. The Morgan fingerprint density at radius 3 is 2.39 bits per heavy atom. The zero-order chi connectivity index (χ0) is 21.6. The lowest BCUT2D eigenvalue weighted by molar-refractivity contribution is -0.130. The second kappa shape index (κ2) is 9.98. The quantitative estimate of drug-likeness (QED) is 0.757. The van der Waals surface area contributed by atoms with E-state index in [0.717, 1.165) is 18.8 Å². The van der Waals surface area contributed by atoms with E-state index in [0.29, 0.717) is 55.8 Å². The van der Waals surface area contributed by atoms with E-state index in [1.165, 1.54) is 0 Å². The predicted molar refractivity (Wildman–Crippen MR) is 120 cm³/mol. The molecule has 0 unspecified atom stereocenters. The van der Waals surface area contributed by atoms with E-state index in [2.05, 4.69) is 15.2 Å². The van der Waals surface area contributed by atoms with Gasteiger partial charge in [0, 0.05) is 56.2 Å². The molecular weight excluding hydrogens is 418 g/mol. The smallest absolute Gasteiger partial charge is 0.255 e. The number of morpholine rings is 1. The number of amides is 2. The molecule has 1 aromatic heterocycles. The molecule has 0 bridgehead atoms. The molecule has 1 aromatic carbocycles. The van der Waals surface area contributed by atoms with Gasteiger partial charge in [-0.1, -0.05) is 11.6 Å². The number of nitrogens with one attached hydrogen (secondary N) is 1. The average Bonchev–Trinajstić information content (AvgIpc) is 2.83. The van der Waals surface area contributed by atoms with Gasteiger partial charge in [0.05, 0.1) is 25.3 Å². The molecule has 2 amide bonds. The van der Waals surface area contributed by atoms with Crippen LogP contribution < -0.4 is 15.1 Å². The standard InChI is InChI=1S/C22H26ClN5O3/c23-17-3-5-18(6-4-17)26-8-10-27(11-9-26)20(29)16-25-22(30)19-2-1-7-24-21(19)28-12-14-31-15-13-28/h1-7H,8-16H2,(H,25,30). The average molecular weight is 444 g/mol. The molecule has 9 heteroatoms. The molecular formula is C22H26ClN5O3. The van der Waals surface area contributed by atoms with Gasteiger partial charge in [0.25, 0.3) is 5.91 Å². The van der Waals surface area contributed by atoms with Gasteiger partial charge in [-0.15, -0.1) is 0 Å². The molecule has 31 heavy (non-hydrogen) atoms. The summed E-state index contributed by atoms with van der Waals surface area (Å²) in [6.45, 7) is 5.28. The highest BCUT2D eigenvalue weighted by Crippen LogP contribution is 2.20. The summed E-state index contributed by atoms with van der Waals surface area (Å²) in [6.07, 6.45) is 1.67. The molecule has 1 N–H and O–H groups in total. The number of ether oxygens (including phenoxy) is 1. The first-order chi connectivity index (χ1) is 15.1. The van der Waals surface area contributed by atoms with Crippen molar-refractivity contribution in [2.75, 3.05) is 68.8 Å². The fourth-order valence-corrected chi connectivity index (χ4v) is 3.96. The van der Waals surface area contributed by atoms with Crippen molar-refractivity contribution in [3.63, 3.8) is 0 Å². The van der Waals surface area contributed by atoms with Crippen LogP contribution in [-0.4, -0.2) is 80.7 Å². The second-order valence-electron chi connectivity index (χ2n) is 7.50. The zero-order valence-electron chi connectivity index (χ0n) is 17.3. The Morgan fingerprint density at radius 2 is 1.68 bits per heavy atom. The fourth-order valence-electron chi connectivity index (χ4n) is 3.83. The molecule has 2 saturated heterocycles. The van der Waals surface area contributed by atoms with Crippen LogP contribution in [0.5, 0.6) is 0 Å². The van der Waals surface area contributed by atoms with Crippen LogP contribution in [0.15, 0.2) is 42.6 Å². The third-order valence-electron chi connectivity index (χ3n) is 5.57. The molecule has 0 saturated carbocycles. The summed E-state index contributed by atoms with van der Waals surface area (Å²) in [5, 5.41) is 3.48. The maximum atomic E-state index is 12.8. The molecule has 0 radical (unpaired) electrons. The van der Waals surface area contributed by atoms with Gasteiger partial charge in [0.15, 0.2) is 0 Å². The number of carbonyl (C=O) groups is 2. The van der Waals surface area contributed by atoms with E-state index in [1.807, 2.05) is 29.2 Å². The summed E-state index contributed by atoms with van der Waals surface area (Å²) in [5.74, 6) is 0.260. The van der Waals surface area contributed by atoms with Gasteiger partial charge < -0.3 is 24.8 Å². The summed E-state index contributed by atoms with van der Waals surface area (Å²) in [6, 6.07) is 11.2. The lowest BCUT2D eigenvalue weighted by Gasteiger charge is -2.36. The predicted octanol–water partition coefficient (Wildman–Crippen LogP) is 1.65. The lowest BCUT2D eigenvalue weighted by atomic mass is 10.2. The van der Waals surface area contributed by atoms with Gasteiger partial charge in [0.2, 0.25) is 5.91 Å². The van der Waals surface area contributed by atoms with E-state index < -0.39 is 0 Å². The van der Waals surface area contributed by atoms with Crippen molar-refractivity contribution in [1.82, 2.24) is 15.2 Å². The van der Waals surface area contributed by atoms with Gasteiger partial charge in [0.1, 0.15) is 5.82 Å². The highest BCUT2D eigenvalue weighted by atomic mass is 35.5. The Kier molecular flexibility index (Phi) is 6.89. The van der Waals surface area contributed by atoms with E-state index in [9.17, 15) is 9.59 Å². The maximum absolute atomic E-state index is 12.8. The van der Waals surface area contributed by atoms with Gasteiger partial charge in [-0.3, -0.25) is 9.59 Å². The highest BCUT2D eigenvalue weighted by Gasteiger charge is 2.23. The number of pyridine rings is 1. The first-order valence-electron chi connectivity index (χ1n) is 10.5. The van der Waals surface area contributed by atoms with E-state index in [-0.39, 0.29) is 18.4 Å². The summed E-state index contributed by atoms with van der Waals surface area (Å²) in [5.41, 5.74) is 1.57. The van der Waals surface area contributed by atoms with Crippen LogP contribution in [-0.2, 0) is 9.53 Å². The molecule has 0 aliphatic carbocycles. The Morgan fingerprint density at radius 1 is 0.968 bits per heavy atom. The van der Waals surface area contributed by atoms with Crippen LogP contribution in [0, 0.1) is 0 Å². The number of carbonyl (C=O) groups excluding carboxylic acids is 2. The van der Waals surface area contributed by atoms with Crippen LogP contribution in [0.25, 0.3) is 0 Å². The molecule has 2 aliphatic heterocycles. The van der Waals surface area contributed by atoms with E-state index in [1.54, 1.807) is 23.2 Å². The van der Waals surface area contributed by atoms with Gasteiger partial charge in [-0.2, -0.15) is 0 Å². The molecule has 4 rings (SSSR count). The van der Waals surface area contributed by atoms with Crippen molar-refractivity contribution in [3.8, 4) is 0 Å². The number of anilines is 2. The second-order valence-corrected chi connectivity index (χ2v) is 7.94. The maximum Gasteiger partial charge on any atom is 0.255 e. The minimum Gasteiger partial charge on any atom is -0.378 e. The Hall–Kier alpha value is -2.84. The van der Waals surface area contributed by atoms with Crippen LogP contribution in [0.3, 0.4) is 0 Å². The number of rotatable bonds is 5. The monoisotopic (exact) mass is 443 g/mol. The molecule has 0 atom stereocenters. The molecule has 164 valence electrons. The lowest BCUT2D eigenvalue weighted by Crippen LogP contribution is -2.51. The van der Waals surface area contributed by atoms with Crippen LogP contribution in [0.2, 0.25) is 5.02 Å². The molecule has 3 heterocycles. The van der Waals surface area contributed by atoms with Crippen LogP contribution >= 0.6 is 11.6 Å². The summed E-state index contributed by atoms with van der Waals surface area (Å²) >= 11 is 5.96. The summed E-state index contributed by atoms with van der Waals surface area (Å²) in [7, 11) is 0. The van der Waals surface area contributed by atoms with Crippen molar-refractivity contribution in [2.45, 2.75) is 0 Å². The number of benzene rings is 1. The zero-order valence-corrected chi connectivity index (χ0v) is 18.1. The molecule has 8 nitrogen and oxygen atoms in total. The SMILES string of the molecule is O=C(NCC(=O)N1CCN(c2ccc(Cl)cc2)CC1)c1cccnc1N1CCOCC1. The number of hydrogen-bond donors (Lipinski definition) is 1. The van der Waals surface area contributed by atoms with Crippen molar-refractivity contribution >= 4 is 34.9 Å². The third-order valence-corrected chi connectivity index (χ3v) is 5.82. The number of halogens is 1. The highest BCUT2D eigenvalue weighted by molar-refractivity contribution is 6.30. The van der Waals surface area contributed by atoms with Gasteiger partial charge >= 0.3 is 0 Å². The van der Waals surface area contributed by atoms with Gasteiger partial charge in [-0.05, 0) is 36.4 Å². The van der Waals surface area contributed by atoms with Crippen LogP contribution in [0.1, 0.15) is 10.4 Å². The molecule has 2 aromatic rings. The first kappa shape index (κ1) is 21.4. The molecule has 2 aliphatic rings. The summed E-state index contributed by atoms with van der Waals surface area (Å²) in [4.78, 5) is 35.8. The Balaban J connectivity index is 1.29. The Labute approximate surface area is 186 Å². The third kappa shape index (κ3) is 5.26. The minimum absolute atomic E-state index is 0.0305. The van der Waals surface area contributed by atoms with E-state index >= 15 is 0 Å².